The normalized spacial score (nSPS) is 13.9. The van der Waals surface area contributed by atoms with Gasteiger partial charge in [-0.3, -0.25) is 9.59 Å². The number of hydrogen-bond acceptors (Lipinski definition) is 5. The van der Waals surface area contributed by atoms with Gasteiger partial charge in [-0.05, 0) is 49.6 Å². The van der Waals surface area contributed by atoms with E-state index in [1.54, 1.807) is 6.07 Å². The molecule has 3 rings (SSSR count). The lowest BCUT2D eigenvalue weighted by molar-refractivity contribution is -0.131. The van der Waals surface area contributed by atoms with Crippen molar-refractivity contribution in [3.8, 4) is 0 Å². The molecule has 0 spiro atoms. The van der Waals surface area contributed by atoms with Gasteiger partial charge in [0.1, 0.15) is 5.82 Å². The minimum Gasteiger partial charge on any atom is -0.483 e. The molecule has 0 atom stereocenters. The van der Waals surface area contributed by atoms with Crippen LogP contribution in [0.1, 0.15) is 24.1 Å². The fourth-order valence-corrected chi connectivity index (χ4v) is 3.06. The molecule has 0 saturated carbocycles. The zero-order valence-electron chi connectivity index (χ0n) is 15.9. The molecule has 28 heavy (non-hydrogen) atoms. The van der Waals surface area contributed by atoms with Crippen molar-refractivity contribution < 1.29 is 19.1 Å². The van der Waals surface area contributed by atoms with Crippen LogP contribution in [0.4, 0.5) is 10.2 Å². The molecule has 1 amide bonds. The number of carbonyl (C=O) groups excluding carboxylic acids is 1. The van der Waals surface area contributed by atoms with Crippen molar-refractivity contribution in [3.05, 3.63) is 53.5 Å². The Morgan fingerprint density at radius 3 is 2.64 bits per heavy atom. The van der Waals surface area contributed by atoms with Crippen molar-refractivity contribution in [1.29, 1.82) is 0 Å². The van der Waals surface area contributed by atoms with Gasteiger partial charge in [-0.25, -0.2) is 4.39 Å². The maximum Gasteiger partial charge on any atom is 0.290 e. The number of amides is 1. The van der Waals surface area contributed by atoms with E-state index in [0.717, 1.165) is 43.1 Å². The highest BCUT2D eigenvalue weighted by Gasteiger charge is 2.19. The Hall–Kier alpha value is -3.03. The molecule has 8 heteroatoms. The van der Waals surface area contributed by atoms with E-state index >= 15 is 0 Å². The van der Waals surface area contributed by atoms with Crippen LogP contribution >= 0.6 is 0 Å². The second-order valence-corrected chi connectivity index (χ2v) is 6.49. The Morgan fingerprint density at radius 2 is 1.96 bits per heavy atom. The molecule has 0 bridgehead atoms. The summed E-state index contributed by atoms with van der Waals surface area (Å²) in [5.74, 6) is 0.732. The molecule has 1 aromatic heterocycles. The number of hydrogen-bond donors (Lipinski definition) is 1. The fraction of sp³-hybridized carbons (Fsp3) is 0.400. The Bertz CT molecular complexity index is 770. The van der Waals surface area contributed by atoms with Crippen LogP contribution < -0.4 is 4.90 Å². The summed E-state index contributed by atoms with van der Waals surface area (Å²) in [6.45, 7) is 4.71. The largest absolute Gasteiger partial charge is 0.483 e. The molecule has 0 unspecified atom stereocenters. The van der Waals surface area contributed by atoms with Gasteiger partial charge in [0.05, 0.1) is 5.69 Å². The van der Waals surface area contributed by atoms with Crippen molar-refractivity contribution >= 4 is 18.2 Å². The molecule has 2 aromatic rings. The summed E-state index contributed by atoms with van der Waals surface area (Å²) in [7, 11) is 0. The number of aromatic nitrogens is 2. The Balaban J connectivity index is 0.000000878. The highest BCUT2D eigenvalue weighted by molar-refractivity contribution is 5.76. The average molecular weight is 388 g/mol. The van der Waals surface area contributed by atoms with E-state index in [0.29, 0.717) is 19.4 Å². The lowest BCUT2D eigenvalue weighted by Gasteiger charge is -2.22. The molecule has 1 saturated heterocycles. The van der Waals surface area contributed by atoms with Gasteiger partial charge in [0.15, 0.2) is 5.82 Å². The van der Waals surface area contributed by atoms with Crippen molar-refractivity contribution in [2.45, 2.75) is 26.2 Å². The molecule has 1 fully saturated rings. The summed E-state index contributed by atoms with van der Waals surface area (Å²) >= 11 is 0. The molecular weight excluding hydrogens is 363 g/mol. The summed E-state index contributed by atoms with van der Waals surface area (Å²) in [5.41, 5.74) is 1.76. The van der Waals surface area contributed by atoms with Gasteiger partial charge in [-0.2, -0.15) is 5.10 Å². The first-order valence-corrected chi connectivity index (χ1v) is 9.19. The first-order chi connectivity index (χ1) is 13.5. The number of carbonyl (C=O) groups is 2. The monoisotopic (exact) mass is 388 g/mol. The number of halogens is 1. The quantitative estimate of drug-likeness (QED) is 0.809. The molecule has 0 radical (unpaired) electrons. The molecule has 1 aliphatic rings. The first-order valence-electron chi connectivity index (χ1n) is 9.19. The summed E-state index contributed by atoms with van der Waals surface area (Å²) in [6, 6.07) is 10.4. The van der Waals surface area contributed by atoms with Crippen LogP contribution in [0, 0.1) is 12.7 Å². The van der Waals surface area contributed by atoms with Crippen molar-refractivity contribution in [2.24, 2.45) is 0 Å². The lowest BCUT2D eigenvalue weighted by Crippen LogP contribution is -2.35. The topological polar surface area (TPSA) is 86.6 Å². The predicted molar refractivity (Wildman–Crippen MR) is 104 cm³/mol. The second kappa shape index (κ2) is 11.0. The molecule has 1 aliphatic heterocycles. The van der Waals surface area contributed by atoms with E-state index in [2.05, 4.69) is 15.1 Å². The zero-order valence-corrected chi connectivity index (χ0v) is 15.9. The Labute approximate surface area is 163 Å². The average Bonchev–Trinajstić information content (AvgIpc) is 2.94. The standard InChI is InChI=1S/C19H23FN4O.CH2O2/c1-15-6-8-18(22-21-15)23-10-3-11-24(13-12-23)19(25)9-7-16-4-2-5-17(20)14-16;2-1-3/h2,4-6,8,14H,3,7,9-13H2,1H3;1H,(H,2,3). The van der Waals surface area contributed by atoms with Crippen LogP contribution in [-0.4, -0.2) is 58.8 Å². The summed E-state index contributed by atoms with van der Waals surface area (Å²) in [5, 5.41) is 15.2. The molecule has 1 N–H and O–H groups in total. The van der Waals surface area contributed by atoms with E-state index in [9.17, 15) is 9.18 Å². The minimum atomic E-state index is -0.255. The highest BCUT2D eigenvalue weighted by Crippen LogP contribution is 2.14. The van der Waals surface area contributed by atoms with Crippen LogP contribution in [0.25, 0.3) is 0 Å². The Morgan fingerprint density at radius 1 is 1.18 bits per heavy atom. The van der Waals surface area contributed by atoms with Gasteiger partial charge >= 0.3 is 0 Å². The van der Waals surface area contributed by atoms with Gasteiger partial charge in [0.25, 0.3) is 6.47 Å². The van der Waals surface area contributed by atoms with Crippen LogP contribution in [-0.2, 0) is 16.0 Å². The van der Waals surface area contributed by atoms with Crippen LogP contribution in [0.2, 0.25) is 0 Å². The highest BCUT2D eigenvalue weighted by atomic mass is 19.1. The maximum absolute atomic E-state index is 13.2. The molecule has 150 valence electrons. The first kappa shape index (κ1) is 21.3. The minimum absolute atomic E-state index is 0.126. The smallest absolute Gasteiger partial charge is 0.290 e. The number of aryl methyl sites for hydroxylation is 2. The van der Waals surface area contributed by atoms with Crippen LogP contribution in [0.3, 0.4) is 0 Å². The third-order valence-electron chi connectivity index (χ3n) is 4.47. The summed E-state index contributed by atoms with van der Waals surface area (Å²) < 4.78 is 13.2. The van der Waals surface area contributed by atoms with Gasteiger partial charge < -0.3 is 14.9 Å². The molecule has 2 heterocycles. The number of nitrogens with zero attached hydrogens (tertiary/aromatic N) is 4. The summed E-state index contributed by atoms with van der Waals surface area (Å²) in [4.78, 5) is 24.9. The molecule has 0 aliphatic carbocycles. The van der Waals surface area contributed by atoms with Crippen molar-refractivity contribution in [2.75, 3.05) is 31.1 Å². The van der Waals surface area contributed by atoms with Gasteiger partial charge in [0.2, 0.25) is 5.91 Å². The number of anilines is 1. The third kappa shape index (κ3) is 6.61. The Kier molecular flexibility index (Phi) is 8.33. The molecule has 7 nitrogen and oxygen atoms in total. The van der Waals surface area contributed by atoms with E-state index in [1.807, 2.05) is 30.0 Å². The predicted octanol–water partition coefficient (Wildman–Crippen LogP) is 2.30. The fourth-order valence-electron chi connectivity index (χ4n) is 3.06. The van der Waals surface area contributed by atoms with Crippen molar-refractivity contribution in [1.82, 2.24) is 15.1 Å². The molecule has 1 aromatic carbocycles. The van der Waals surface area contributed by atoms with Gasteiger partial charge in [-0.15, -0.1) is 5.10 Å². The lowest BCUT2D eigenvalue weighted by atomic mass is 10.1. The number of rotatable bonds is 4. The van der Waals surface area contributed by atoms with Gasteiger partial charge in [0, 0.05) is 32.6 Å². The summed E-state index contributed by atoms with van der Waals surface area (Å²) in [6.07, 6.45) is 1.88. The van der Waals surface area contributed by atoms with E-state index in [-0.39, 0.29) is 18.2 Å². The number of carboxylic acid groups (broad SMARTS) is 1. The van der Waals surface area contributed by atoms with E-state index in [4.69, 9.17) is 9.90 Å². The molecular formula is C20H25FN4O3. The van der Waals surface area contributed by atoms with Crippen LogP contribution in [0.5, 0.6) is 0 Å². The van der Waals surface area contributed by atoms with E-state index < -0.39 is 0 Å². The van der Waals surface area contributed by atoms with Gasteiger partial charge in [-0.1, -0.05) is 12.1 Å². The van der Waals surface area contributed by atoms with Crippen molar-refractivity contribution in [3.63, 3.8) is 0 Å². The van der Waals surface area contributed by atoms with E-state index in [1.165, 1.54) is 12.1 Å². The number of benzene rings is 1. The third-order valence-corrected chi connectivity index (χ3v) is 4.47. The SMILES string of the molecule is Cc1ccc(N2CCCN(C(=O)CCc3cccc(F)c3)CC2)nn1.O=CO. The zero-order chi connectivity index (χ0) is 20.4. The second-order valence-electron chi connectivity index (χ2n) is 6.49. The van der Waals surface area contributed by atoms with Crippen LogP contribution in [0.15, 0.2) is 36.4 Å². The maximum atomic E-state index is 13.2.